The van der Waals surface area contributed by atoms with Crippen molar-refractivity contribution in [2.75, 3.05) is 6.54 Å². The highest BCUT2D eigenvalue weighted by atomic mass is 16.2. The summed E-state index contributed by atoms with van der Waals surface area (Å²) in [6.07, 6.45) is 5.37. The summed E-state index contributed by atoms with van der Waals surface area (Å²) in [6.45, 7) is 4.39. The molecule has 29 heavy (non-hydrogen) atoms. The average molecular weight is 392 g/mol. The molecule has 2 aromatic carbocycles. The second-order valence-corrected chi connectivity index (χ2v) is 8.41. The maximum Gasteiger partial charge on any atom is 0.261 e. The first-order chi connectivity index (χ1) is 14.0. The lowest BCUT2D eigenvalue weighted by Crippen LogP contribution is -2.44. The summed E-state index contributed by atoms with van der Waals surface area (Å²) in [6, 6.07) is 11.6. The van der Waals surface area contributed by atoms with Gasteiger partial charge in [0.05, 0.1) is 0 Å². The quantitative estimate of drug-likeness (QED) is 0.685. The van der Waals surface area contributed by atoms with Crippen LogP contribution in [0.2, 0.25) is 0 Å². The lowest BCUT2D eigenvalue weighted by molar-refractivity contribution is -0.135. The van der Waals surface area contributed by atoms with Crippen molar-refractivity contribution in [1.82, 2.24) is 9.80 Å². The molecule has 0 bridgehead atoms. The molecule has 0 unspecified atom stereocenters. The Morgan fingerprint density at radius 3 is 2.17 bits per heavy atom. The third-order valence-electron chi connectivity index (χ3n) is 6.19. The highest BCUT2D eigenvalue weighted by Crippen LogP contribution is 2.30. The average Bonchev–Trinajstić information content (AvgIpc) is 3.22. The van der Waals surface area contributed by atoms with Gasteiger partial charge in [0.25, 0.3) is 11.8 Å². The van der Waals surface area contributed by atoms with E-state index >= 15 is 0 Å². The first-order valence-corrected chi connectivity index (χ1v) is 10.7. The van der Waals surface area contributed by atoms with Gasteiger partial charge >= 0.3 is 0 Å². The van der Waals surface area contributed by atoms with Crippen LogP contribution in [0.3, 0.4) is 0 Å². The fraction of sp³-hybridized carbons (Fsp3) is 0.458. The molecule has 0 spiro atoms. The minimum Gasteiger partial charge on any atom is -0.337 e. The lowest BCUT2D eigenvalue weighted by atomic mass is 9.94. The standard InChI is InChI=1S/C24H28N2O3/c1-16(2)26(18-10-3-4-11-18)21(27)14-7-15-25-23(28)19-12-5-8-17-9-6-13-20(22(17)19)24(25)29/h5-6,8-9,12-13,16,18H,3-4,7,10-11,14-15H2,1-2H3. The van der Waals surface area contributed by atoms with E-state index in [-0.39, 0.29) is 30.3 Å². The fourth-order valence-electron chi connectivity index (χ4n) is 4.90. The number of rotatable bonds is 6. The number of amides is 3. The Kier molecular flexibility index (Phi) is 5.39. The third kappa shape index (κ3) is 3.54. The van der Waals surface area contributed by atoms with Crippen LogP contribution in [0.25, 0.3) is 10.8 Å². The van der Waals surface area contributed by atoms with Crippen molar-refractivity contribution in [3.05, 3.63) is 47.5 Å². The lowest BCUT2D eigenvalue weighted by Gasteiger charge is -2.33. The molecule has 1 aliphatic carbocycles. The molecular weight excluding hydrogens is 364 g/mol. The topological polar surface area (TPSA) is 57.7 Å². The molecule has 1 heterocycles. The van der Waals surface area contributed by atoms with Crippen LogP contribution in [0.15, 0.2) is 36.4 Å². The number of carbonyl (C=O) groups excluding carboxylic acids is 3. The van der Waals surface area contributed by atoms with Crippen LogP contribution in [0.1, 0.15) is 73.1 Å². The molecule has 2 aromatic rings. The number of nitrogens with zero attached hydrogens (tertiary/aromatic N) is 2. The number of imide groups is 1. The summed E-state index contributed by atoms with van der Waals surface area (Å²) in [4.78, 5) is 42.1. The molecule has 0 N–H and O–H groups in total. The van der Waals surface area contributed by atoms with Crippen LogP contribution in [0.4, 0.5) is 0 Å². The van der Waals surface area contributed by atoms with E-state index in [2.05, 4.69) is 13.8 Å². The van der Waals surface area contributed by atoms with Crippen molar-refractivity contribution in [2.45, 2.75) is 64.5 Å². The summed E-state index contributed by atoms with van der Waals surface area (Å²) in [5.41, 5.74) is 1.14. The maximum absolute atomic E-state index is 13.0. The fourth-order valence-corrected chi connectivity index (χ4v) is 4.90. The predicted octanol–water partition coefficient (Wildman–Crippen LogP) is 4.40. The molecule has 1 fully saturated rings. The molecule has 0 saturated heterocycles. The summed E-state index contributed by atoms with van der Waals surface area (Å²) < 4.78 is 0. The van der Waals surface area contributed by atoms with Crippen LogP contribution in [-0.2, 0) is 4.79 Å². The van der Waals surface area contributed by atoms with E-state index in [1.54, 1.807) is 12.1 Å². The van der Waals surface area contributed by atoms with Crippen molar-refractivity contribution >= 4 is 28.5 Å². The summed E-state index contributed by atoms with van der Waals surface area (Å²) in [5, 5.41) is 1.64. The monoisotopic (exact) mass is 392 g/mol. The molecule has 5 heteroatoms. The number of hydrogen-bond donors (Lipinski definition) is 0. The Hall–Kier alpha value is -2.69. The van der Waals surface area contributed by atoms with Gasteiger partial charge < -0.3 is 4.90 Å². The summed E-state index contributed by atoms with van der Waals surface area (Å²) >= 11 is 0. The van der Waals surface area contributed by atoms with E-state index in [4.69, 9.17) is 0 Å². The third-order valence-corrected chi connectivity index (χ3v) is 6.19. The zero-order chi connectivity index (χ0) is 20.5. The van der Waals surface area contributed by atoms with E-state index in [1.165, 1.54) is 17.7 Å². The van der Waals surface area contributed by atoms with Gasteiger partial charge in [-0.3, -0.25) is 19.3 Å². The van der Waals surface area contributed by atoms with Crippen molar-refractivity contribution in [2.24, 2.45) is 0 Å². The van der Waals surface area contributed by atoms with Gasteiger partial charge in [-0.15, -0.1) is 0 Å². The van der Waals surface area contributed by atoms with Gasteiger partial charge in [-0.2, -0.15) is 0 Å². The molecule has 2 aliphatic rings. The first kappa shape index (κ1) is 19.6. The van der Waals surface area contributed by atoms with Gasteiger partial charge in [-0.1, -0.05) is 37.1 Å². The highest BCUT2D eigenvalue weighted by Gasteiger charge is 2.33. The molecule has 0 radical (unpaired) electrons. The van der Waals surface area contributed by atoms with E-state index in [9.17, 15) is 14.4 Å². The molecule has 4 rings (SSSR count). The largest absolute Gasteiger partial charge is 0.337 e. The van der Waals surface area contributed by atoms with Crippen molar-refractivity contribution in [3.63, 3.8) is 0 Å². The van der Waals surface area contributed by atoms with E-state index < -0.39 is 0 Å². The number of benzene rings is 2. The molecule has 1 saturated carbocycles. The van der Waals surface area contributed by atoms with E-state index in [0.29, 0.717) is 30.0 Å². The second kappa shape index (κ2) is 7.97. The van der Waals surface area contributed by atoms with Gasteiger partial charge in [0.2, 0.25) is 5.91 Å². The van der Waals surface area contributed by atoms with E-state index in [1.807, 2.05) is 29.2 Å². The minimum atomic E-state index is -0.261. The smallest absolute Gasteiger partial charge is 0.261 e. The van der Waals surface area contributed by atoms with Crippen LogP contribution < -0.4 is 0 Å². The second-order valence-electron chi connectivity index (χ2n) is 8.41. The molecular formula is C24H28N2O3. The number of carbonyl (C=O) groups is 3. The van der Waals surface area contributed by atoms with Crippen molar-refractivity contribution in [1.29, 1.82) is 0 Å². The Bertz CT molecular complexity index is 909. The molecule has 0 atom stereocenters. The van der Waals surface area contributed by atoms with Crippen LogP contribution in [-0.4, -0.2) is 46.1 Å². The Labute approximate surface area is 171 Å². The van der Waals surface area contributed by atoms with Gasteiger partial charge in [0.15, 0.2) is 0 Å². The predicted molar refractivity (Wildman–Crippen MR) is 113 cm³/mol. The SMILES string of the molecule is CC(C)N(C(=O)CCCN1C(=O)c2cccc3cccc(c23)C1=O)C1CCCC1. The van der Waals surface area contributed by atoms with Crippen LogP contribution >= 0.6 is 0 Å². The van der Waals surface area contributed by atoms with Gasteiger partial charge in [-0.05, 0) is 50.6 Å². The normalized spacial score (nSPS) is 16.9. The molecule has 3 amide bonds. The van der Waals surface area contributed by atoms with Gasteiger partial charge in [-0.25, -0.2) is 0 Å². The van der Waals surface area contributed by atoms with Crippen molar-refractivity contribution in [3.8, 4) is 0 Å². The summed E-state index contributed by atoms with van der Waals surface area (Å²) in [7, 11) is 0. The van der Waals surface area contributed by atoms with Crippen LogP contribution in [0, 0.1) is 0 Å². The molecule has 0 aromatic heterocycles. The molecule has 152 valence electrons. The maximum atomic E-state index is 13.0. The van der Waals surface area contributed by atoms with Crippen molar-refractivity contribution < 1.29 is 14.4 Å². The van der Waals surface area contributed by atoms with Crippen LogP contribution in [0.5, 0.6) is 0 Å². The Balaban J connectivity index is 1.46. The minimum absolute atomic E-state index is 0.131. The molecule has 1 aliphatic heterocycles. The number of hydrogen-bond acceptors (Lipinski definition) is 3. The van der Waals surface area contributed by atoms with E-state index in [0.717, 1.165) is 23.6 Å². The summed E-state index contributed by atoms with van der Waals surface area (Å²) in [5.74, 6) is -0.391. The highest BCUT2D eigenvalue weighted by molar-refractivity contribution is 6.25. The van der Waals surface area contributed by atoms with Gasteiger partial charge in [0.1, 0.15) is 0 Å². The molecule has 5 nitrogen and oxygen atoms in total. The zero-order valence-corrected chi connectivity index (χ0v) is 17.2. The zero-order valence-electron chi connectivity index (χ0n) is 17.2. The Morgan fingerprint density at radius 1 is 1.03 bits per heavy atom. The van der Waals surface area contributed by atoms with Gasteiger partial charge in [0, 0.05) is 41.6 Å². The Morgan fingerprint density at radius 2 is 1.62 bits per heavy atom. The first-order valence-electron chi connectivity index (χ1n) is 10.7.